The van der Waals surface area contributed by atoms with Gasteiger partial charge in [-0.3, -0.25) is 24.8 Å². The molecule has 0 unspecified atom stereocenters. The number of halogens is 1. The van der Waals surface area contributed by atoms with Gasteiger partial charge in [-0.25, -0.2) is 0 Å². The highest BCUT2D eigenvalue weighted by molar-refractivity contribution is 5.95. The lowest BCUT2D eigenvalue weighted by Crippen LogP contribution is -2.66. The largest absolute Gasteiger partial charge is 0.481 e. The topological polar surface area (TPSA) is 134 Å². The highest BCUT2D eigenvalue weighted by Crippen LogP contribution is 2.43. The van der Waals surface area contributed by atoms with Crippen molar-refractivity contribution in [2.75, 3.05) is 44.2 Å². The number of nitrogens with one attached hydrogen (secondary N) is 1. The van der Waals surface area contributed by atoms with E-state index in [0.717, 1.165) is 51.1 Å². The van der Waals surface area contributed by atoms with E-state index >= 15 is 0 Å². The van der Waals surface area contributed by atoms with Crippen LogP contribution in [0.4, 0.5) is 5.69 Å². The van der Waals surface area contributed by atoms with Crippen LogP contribution in [0.1, 0.15) is 45.1 Å². The number of nitrogens with zero attached hydrogens (tertiary/aromatic N) is 3. The van der Waals surface area contributed by atoms with Gasteiger partial charge in [0.05, 0.1) is 13.0 Å². The fourth-order valence-electron chi connectivity index (χ4n) is 6.04. The molecule has 10 heteroatoms. The Balaban J connectivity index is 0.00000408. The molecule has 1 aromatic carbocycles. The number of piperazine rings is 1. The molecule has 5 N–H and O–H groups in total. The average Bonchev–Trinajstić information content (AvgIpc) is 2.79. The zero-order valence-electron chi connectivity index (χ0n) is 20.1. The molecule has 0 bridgehead atoms. The Morgan fingerprint density at radius 2 is 1.62 bits per heavy atom. The van der Waals surface area contributed by atoms with E-state index in [1.807, 2.05) is 29.2 Å². The van der Waals surface area contributed by atoms with E-state index in [1.54, 1.807) is 0 Å². The number of amidine groups is 1. The summed E-state index contributed by atoms with van der Waals surface area (Å²) in [5.74, 6) is -1.75. The normalized spacial score (nSPS) is 23.2. The maximum absolute atomic E-state index is 11.9. The standard InChI is InChI=1S/C24H37N5O4.ClH/c1-3-24(4-2)19(15-21(30)31)20(9-10-29(24)16-22(32)33)28-13-11-27(12-14-28)18-7-5-17(6-8-18)23(25)26;/h5-8,19-20H,3-4,9-16H2,1-2H3,(H3,25,26)(H,30,31)(H,32,33);1H/t19-,20-;/m0./s1. The summed E-state index contributed by atoms with van der Waals surface area (Å²) < 4.78 is 0. The monoisotopic (exact) mass is 495 g/mol. The van der Waals surface area contributed by atoms with E-state index in [4.69, 9.17) is 11.1 Å². The Kier molecular flexibility index (Phi) is 9.73. The second-order valence-corrected chi connectivity index (χ2v) is 9.17. The molecule has 2 saturated heterocycles. The quantitative estimate of drug-likeness (QED) is 0.303. The van der Waals surface area contributed by atoms with Crippen molar-refractivity contribution in [3.05, 3.63) is 29.8 Å². The second-order valence-electron chi connectivity index (χ2n) is 9.17. The molecule has 2 atom stereocenters. The molecule has 0 aliphatic carbocycles. The molecule has 2 aliphatic heterocycles. The first-order chi connectivity index (χ1) is 15.7. The van der Waals surface area contributed by atoms with Gasteiger partial charge >= 0.3 is 11.9 Å². The molecule has 34 heavy (non-hydrogen) atoms. The number of anilines is 1. The highest BCUT2D eigenvalue weighted by Gasteiger charge is 2.50. The lowest BCUT2D eigenvalue weighted by atomic mass is 9.68. The minimum absolute atomic E-state index is 0. The molecule has 0 amide bonds. The van der Waals surface area contributed by atoms with Gasteiger partial charge < -0.3 is 20.8 Å². The molecule has 190 valence electrons. The van der Waals surface area contributed by atoms with Gasteiger partial charge in [-0.15, -0.1) is 12.4 Å². The number of hydrogen-bond donors (Lipinski definition) is 4. The molecule has 0 saturated carbocycles. The summed E-state index contributed by atoms with van der Waals surface area (Å²) in [6, 6.07) is 7.82. The molecule has 2 aliphatic rings. The summed E-state index contributed by atoms with van der Waals surface area (Å²) in [5, 5.41) is 26.8. The number of likely N-dealkylation sites (tertiary alicyclic amines) is 1. The van der Waals surface area contributed by atoms with E-state index in [9.17, 15) is 19.8 Å². The van der Waals surface area contributed by atoms with Crippen molar-refractivity contribution in [1.82, 2.24) is 9.80 Å². The molecule has 1 aromatic rings. The first-order valence-electron chi connectivity index (χ1n) is 11.8. The van der Waals surface area contributed by atoms with Crippen LogP contribution in [0, 0.1) is 11.3 Å². The predicted octanol–water partition coefficient (Wildman–Crippen LogP) is 2.32. The Labute approximate surface area is 207 Å². The van der Waals surface area contributed by atoms with Crippen LogP contribution in [0.5, 0.6) is 0 Å². The van der Waals surface area contributed by atoms with Crippen LogP contribution < -0.4 is 10.6 Å². The van der Waals surface area contributed by atoms with Crippen LogP contribution in [0.3, 0.4) is 0 Å². The third-order valence-electron chi connectivity index (χ3n) is 7.75. The fourth-order valence-corrected chi connectivity index (χ4v) is 6.04. The van der Waals surface area contributed by atoms with Crippen molar-refractivity contribution < 1.29 is 19.8 Å². The number of nitrogen functional groups attached to an aromatic ring is 1. The van der Waals surface area contributed by atoms with E-state index in [1.165, 1.54) is 0 Å². The summed E-state index contributed by atoms with van der Waals surface area (Å²) in [7, 11) is 0. The lowest BCUT2D eigenvalue weighted by Gasteiger charge is -2.57. The molecular weight excluding hydrogens is 458 g/mol. The number of hydrogen-bond acceptors (Lipinski definition) is 6. The number of rotatable bonds is 9. The van der Waals surface area contributed by atoms with Crippen LogP contribution >= 0.6 is 12.4 Å². The van der Waals surface area contributed by atoms with Gasteiger partial charge in [-0.05, 0) is 43.5 Å². The van der Waals surface area contributed by atoms with E-state index < -0.39 is 17.5 Å². The summed E-state index contributed by atoms with van der Waals surface area (Å²) in [6.07, 6.45) is 2.29. The number of carboxylic acid groups (broad SMARTS) is 2. The van der Waals surface area contributed by atoms with E-state index in [-0.39, 0.29) is 43.2 Å². The van der Waals surface area contributed by atoms with Crippen LogP contribution in [0.2, 0.25) is 0 Å². The molecule has 0 radical (unpaired) electrons. The number of carboxylic acids is 2. The van der Waals surface area contributed by atoms with Crippen molar-refractivity contribution in [2.24, 2.45) is 11.7 Å². The Morgan fingerprint density at radius 1 is 1.03 bits per heavy atom. The van der Waals surface area contributed by atoms with Crippen molar-refractivity contribution in [3.8, 4) is 0 Å². The summed E-state index contributed by atoms with van der Waals surface area (Å²) in [5.41, 5.74) is 6.92. The molecule has 0 aromatic heterocycles. The van der Waals surface area contributed by atoms with Crippen LogP contribution in [-0.4, -0.2) is 88.6 Å². The fraction of sp³-hybridized carbons (Fsp3) is 0.625. The molecule has 0 spiro atoms. The maximum Gasteiger partial charge on any atom is 0.317 e. The Bertz CT molecular complexity index is 853. The first-order valence-corrected chi connectivity index (χ1v) is 11.8. The zero-order valence-corrected chi connectivity index (χ0v) is 20.9. The third-order valence-corrected chi connectivity index (χ3v) is 7.75. The van der Waals surface area contributed by atoms with Gasteiger partial charge in [0.15, 0.2) is 0 Å². The number of carbonyl (C=O) groups is 2. The predicted molar refractivity (Wildman–Crippen MR) is 135 cm³/mol. The molecule has 2 fully saturated rings. The van der Waals surface area contributed by atoms with Gasteiger partial charge in [-0.1, -0.05) is 13.8 Å². The summed E-state index contributed by atoms with van der Waals surface area (Å²) in [6.45, 7) is 8.06. The van der Waals surface area contributed by atoms with Gasteiger partial charge in [0.1, 0.15) is 5.84 Å². The molecule has 9 nitrogen and oxygen atoms in total. The van der Waals surface area contributed by atoms with Crippen LogP contribution in [-0.2, 0) is 9.59 Å². The van der Waals surface area contributed by atoms with Gasteiger partial charge in [0.25, 0.3) is 0 Å². The summed E-state index contributed by atoms with van der Waals surface area (Å²) >= 11 is 0. The highest BCUT2D eigenvalue weighted by atomic mass is 35.5. The minimum atomic E-state index is -0.863. The lowest BCUT2D eigenvalue weighted by molar-refractivity contribution is -0.149. The number of aliphatic carboxylic acids is 2. The van der Waals surface area contributed by atoms with Crippen LogP contribution in [0.15, 0.2) is 24.3 Å². The zero-order chi connectivity index (χ0) is 24.2. The maximum atomic E-state index is 11.9. The first kappa shape index (κ1) is 27.9. The van der Waals surface area contributed by atoms with Crippen molar-refractivity contribution >= 4 is 35.9 Å². The second kappa shape index (κ2) is 11.9. The third kappa shape index (κ3) is 5.82. The van der Waals surface area contributed by atoms with Crippen LogP contribution in [0.25, 0.3) is 0 Å². The van der Waals surface area contributed by atoms with E-state index in [0.29, 0.717) is 12.1 Å². The van der Waals surface area contributed by atoms with E-state index in [2.05, 4.69) is 23.6 Å². The molecule has 3 rings (SSSR count). The van der Waals surface area contributed by atoms with Crippen molar-refractivity contribution in [3.63, 3.8) is 0 Å². The van der Waals surface area contributed by atoms with Gasteiger partial charge in [-0.2, -0.15) is 0 Å². The Hall–Kier alpha value is -2.36. The Morgan fingerprint density at radius 3 is 2.09 bits per heavy atom. The van der Waals surface area contributed by atoms with Crippen molar-refractivity contribution in [1.29, 1.82) is 5.41 Å². The molecule has 2 heterocycles. The molecular formula is C24H38ClN5O4. The summed E-state index contributed by atoms with van der Waals surface area (Å²) in [4.78, 5) is 30.2. The average molecular weight is 496 g/mol. The SMILES string of the molecule is CCC1(CC)[C@@H](CC(=O)O)[C@@H](N2CCN(c3ccc(C(=N)N)cc3)CC2)CCN1CC(=O)O.Cl. The van der Waals surface area contributed by atoms with Gasteiger partial charge in [0.2, 0.25) is 0 Å². The van der Waals surface area contributed by atoms with Crippen molar-refractivity contribution in [2.45, 2.75) is 51.1 Å². The number of nitrogens with two attached hydrogens (primary N) is 1. The number of piperidine rings is 1. The number of benzene rings is 1. The minimum Gasteiger partial charge on any atom is -0.481 e. The smallest absolute Gasteiger partial charge is 0.317 e. The van der Waals surface area contributed by atoms with Gasteiger partial charge in [0, 0.05) is 61.5 Å².